The van der Waals surface area contributed by atoms with Gasteiger partial charge in [0.25, 0.3) is 0 Å². The fourth-order valence-corrected chi connectivity index (χ4v) is 4.00. The number of benzene rings is 4. The molecule has 8 heteroatoms. The first-order valence-electron chi connectivity index (χ1n) is 8.30. The lowest BCUT2D eigenvalue weighted by Crippen LogP contribution is -1.95. The molecule has 6 nitrogen and oxygen atoms in total. The van der Waals surface area contributed by atoms with E-state index in [1.165, 1.54) is 0 Å². The van der Waals surface area contributed by atoms with E-state index in [4.69, 9.17) is 9.05 Å². The van der Waals surface area contributed by atoms with Crippen LogP contribution in [0.15, 0.2) is 72.8 Å². The van der Waals surface area contributed by atoms with Gasteiger partial charge in [0, 0.05) is 11.1 Å². The minimum atomic E-state index is -2.64. The Morgan fingerprint density at radius 3 is 1.29 bits per heavy atom. The van der Waals surface area contributed by atoms with Crippen molar-refractivity contribution in [3.05, 3.63) is 72.8 Å². The summed E-state index contributed by atoms with van der Waals surface area (Å²) in [7, 11) is -5.29. The van der Waals surface area contributed by atoms with Crippen molar-refractivity contribution >= 4 is 38.7 Å². The van der Waals surface area contributed by atoms with Crippen molar-refractivity contribution in [2.75, 3.05) is 0 Å². The Hall–Kier alpha value is -2.30. The zero-order valence-electron chi connectivity index (χ0n) is 14.4. The largest absolute Gasteiger partial charge is 0.426 e. The minimum Gasteiger partial charge on any atom is -0.426 e. The second-order valence-electron chi connectivity index (χ2n) is 6.01. The van der Waals surface area contributed by atoms with Crippen LogP contribution < -0.4 is 9.05 Å². The molecule has 28 heavy (non-hydrogen) atoms. The van der Waals surface area contributed by atoms with Crippen LogP contribution in [0.3, 0.4) is 0 Å². The molecule has 0 unspecified atom stereocenters. The highest BCUT2D eigenvalue weighted by Crippen LogP contribution is 2.49. The average molecular weight is 414 g/mol. The molecule has 0 bridgehead atoms. The summed E-state index contributed by atoms with van der Waals surface area (Å²) in [5.41, 5.74) is 1.16. The van der Waals surface area contributed by atoms with E-state index in [2.05, 4.69) is 0 Å². The van der Waals surface area contributed by atoms with Gasteiger partial charge in [-0.3, -0.25) is 0 Å². The van der Waals surface area contributed by atoms with E-state index in [1.807, 2.05) is 60.7 Å². The van der Waals surface area contributed by atoms with Crippen molar-refractivity contribution in [3.63, 3.8) is 0 Å². The van der Waals surface area contributed by atoms with Crippen molar-refractivity contribution in [2.45, 2.75) is 0 Å². The lowest BCUT2D eigenvalue weighted by Gasteiger charge is -2.19. The first-order chi connectivity index (χ1) is 13.5. The molecule has 0 aliphatic rings. The van der Waals surface area contributed by atoms with E-state index in [0.29, 0.717) is 11.1 Å². The molecular weight excluding hydrogens is 398 g/mol. The standard InChI is InChI=1S/C20H16O6P2/c21-27(22)25-17-11-9-13-5-1-3-7-15(13)19(17)20-16-8-4-2-6-14(16)10-12-18(20)26-28(23)24/h1-12,21-24H. The fourth-order valence-electron chi connectivity index (χ4n) is 3.35. The molecule has 0 aliphatic heterocycles. The van der Waals surface area contributed by atoms with Crippen LogP contribution in [0.1, 0.15) is 0 Å². The zero-order valence-corrected chi connectivity index (χ0v) is 16.2. The van der Waals surface area contributed by atoms with Gasteiger partial charge in [0.2, 0.25) is 0 Å². The molecule has 142 valence electrons. The average Bonchev–Trinajstić information content (AvgIpc) is 2.67. The third kappa shape index (κ3) is 3.67. The highest BCUT2D eigenvalue weighted by molar-refractivity contribution is 7.40. The first kappa shape index (κ1) is 19.0. The predicted octanol–water partition coefficient (Wildman–Crippen LogP) is 4.84. The number of rotatable bonds is 5. The normalized spacial score (nSPS) is 11.5. The van der Waals surface area contributed by atoms with Gasteiger partial charge in [0.05, 0.1) is 0 Å². The first-order valence-corrected chi connectivity index (χ1v) is 10.6. The summed E-state index contributed by atoms with van der Waals surface area (Å²) in [5, 5.41) is 3.44. The lowest BCUT2D eigenvalue weighted by atomic mass is 9.92. The zero-order chi connectivity index (χ0) is 19.7. The van der Waals surface area contributed by atoms with Crippen molar-refractivity contribution in [3.8, 4) is 22.6 Å². The summed E-state index contributed by atoms with van der Waals surface area (Å²) in [6.07, 6.45) is 0. The van der Waals surface area contributed by atoms with Crippen LogP contribution in [0.5, 0.6) is 11.5 Å². The van der Waals surface area contributed by atoms with Gasteiger partial charge in [-0.15, -0.1) is 0 Å². The molecule has 4 rings (SSSR count). The summed E-state index contributed by atoms with van der Waals surface area (Å²) >= 11 is 0. The fraction of sp³-hybridized carbons (Fsp3) is 0. The van der Waals surface area contributed by atoms with Crippen LogP contribution >= 0.6 is 17.2 Å². The Labute approximate surface area is 163 Å². The van der Waals surface area contributed by atoms with Crippen molar-refractivity contribution in [1.82, 2.24) is 0 Å². The van der Waals surface area contributed by atoms with Crippen LogP contribution in [0.4, 0.5) is 0 Å². The Bertz CT molecular complexity index is 1050. The predicted molar refractivity (Wildman–Crippen MR) is 111 cm³/mol. The third-order valence-electron chi connectivity index (χ3n) is 4.39. The van der Waals surface area contributed by atoms with Crippen molar-refractivity contribution in [2.24, 2.45) is 0 Å². The molecule has 0 heterocycles. The second-order valence-corrected chi connectivity index (χ2v) is 7.38. The van der Waals surface area contributed by atoms with E-state index in [1.54, 1.807) is 12.1 Å². The third-order valence-corrected chi connectivity index (χ3v) is 5.11. The van der Waals surface area contributed by atoms with E-state index in [9.17, 15) is 19.6 Å². The van der Waals surface area contributed by atoms with Crippen LogP contribution in [-0.2, 0) is 0 Å². The minimum absolute atomic E-state index is 0.260. The Kier molecular flexibility index (Phi) is 5.42. The van der Waals surface area contributed by atoms with Gasteiger partial charge in [0.1, 0.15) is 11.5 Å². The summed E-state index contributed by atoms with van der Waals surface area (Å²) in [6.45, 7) is 0. The number of hydrogen-bond donors (Lipinski definition) is 4. The van der Waals surface area contributed by atoms with E-state index < -0.39 is 17.2 Å². The Balaban J connectivity index is 2.13. The molecule has 4 aromatic carbocycles. The SMILES string of the molecule is OP(O)Oc1ccc2ccccc2c1-c1c(OP(O)O)ccc2ccccc12. The topological polar surface area (TPSA) is 99.4 Å². The van der Waals surface area contributed by atoms with Crippen LogP contribution in [0.25, 0.3) is 32.7 Å². The maximum Gasteiger partial charge on any atom is 0.391 e. The van der Waals surface area contributed by atoms with Crippen LogP contribution in [-0.4, -0.2) is 19.6 Å². The molecule has 0 aliphatic carbocycles. The molecule has 0 amide bonds. The maximum atomic E-state index is 9.47. The number of hydrogen-bond acceptors (Lipinski definition) is 6. The molecule has 0 fully saturated rings. The van der Waals surface area contributed by atoms with Gasteiger partial charge in [0.15, 0.2) is 0 Å². The van der Waals surface area contributed by atoms with E-state index in [-0.39, 0.29) is 11.5 Å². The molecule has 4 aromatic rings. The highest BCUT2D eigenvalue weighted by Gasteiger charge is 2.21. The quantitative estimate of drug-likeness (QED) is 0.349. The van der Waals surface area contributed by atoms with E-state index >= 15 is 0 Å². The van der Waals surface area contributed by atoms with Gasteiger partial charge in [-0.05, 0) is 33.7 Å². The van der Waals surface area contributed by atoms with Crippen molar-refractivity contribution in [1.29, 1.82) is 0 Å². The molecule has 0 radical (unpaired) electrons. The van der Waals surface area contributed by atoms with Crippen molar-refractivity contribution < 1.29 is 28.6 Å². The van der Waals surface area contributed by atoms with Gasteiger partial charge < -0.3 is 28.6 Å². The molecule has 4 N–H and O–H groups in total. The summed E-state index contributed by atoms with van der Waals surface area (Å²) in [4.78, 5) is 37.9. The molecular formula is C20H16O6P2. The lowest BCUT2D eigenvalue weighted by molar-refractivity contribution is 0.372. The summed E-state index contributed by atoms with van der Waals surface area (Å²) in [6, 6.07) is 22.1. The molecule has 0 spiro atoms. The monoisotopic (exact) mass is 414 g/mol. The summed E-state index contributed by atoms with van der Waals surface area (Å²) < 4.78 is 10.6. The molecule has 0 saturated carbocycles. The van der Waals surface area contributed by atoms with Gasteiger partial charge in [-0.1, -0.05) is 60.7 Å². The van der Waals surface area contributed by atoms with Gasteiger partial charge in [-0.25, -0.2) is 0 Å². The van der Waals surface area contributed by atoms with E-state index in [0.717, 1.165) is 21.5 Å². The number of fused-ring (bicyclic) bond motifs is 2. The molecule has 0 aromatic heterocycles. The highest BCUT2D eigenvalue weighted by atomic mass is 31.2. The van der Waals surface area contributed by atoms with Crippen LogP contribution in [0, 0.1) is 0 Å². The Morgan fingerprint density at radius 2 is 0.893 bits per heavy atom. The summed E-state index contributed by atoms with van der Waals surface area (Å²) in [5.74, 6) is 0.521. The van der Waals surface area contributed by atoms with Crippen LogP contribution in [0.2, 0.25) is 0 Å². The smallest absolute Gasteiger partial charge is 0.391 e. The second kappa shape index (κ2) is 7.98. The van der Waals surface area contributed by atoms with Gasteiger partial charge in [-0.2, -0.15) is 0 Å². The molecule has 0 atom stereocenters. The Morgan fingerprint density at radius 1 is 0.500 bits per heavy atom. The van der Waals surface area contributed by atoms with Gasteiger partial charge >= 0.3 is 17.2 Å². The maximum absolute atomic E-state index is 9.47. The molecule has 0 saturated heterocycles.